The maximum atomic E-state index is 13.2. The minimum atomic E-state index is -0.132. The largest absolute Gasteiger partial charge is 0.338 e. The third-order valence-corrected chi connectivity index (χ3v) is 7.21. The van der Waals surface area contributed by atoms with Crippen molar-refractivity contribution < 1.29 is 4.79 Å². The standard InChI is InChI=1S/C24H30BrN3O.ClH/c25-21-8-6-19(7-9-21)18-28-17-13-24(23(28)29)11-15-27(16-12-24)14-10-22(26)20-4-2-1-3-5-20;/h1-9,22H,10-18,26H2;1H. The Morgan fingerprint density at radius 1 is 0.967 bits per heavy atom. The Morgan fingerprint density at radius 2 is 1.60 bits per heavy atom. The Kier molecular flexibility index (Phi) is 7.97. The summed E-state index contributed by atoms with van der Waals surface area (Å²) in [6.07, 6.45) is 3.91. The Labute approximate surface area is 194 Å². The maximum absolute atomic E-state index is 13.2. The van der Waals surface area contributed by atoms with Gasteiger partial charge in [-0.1, -0.05) is 58.4 Å². The number of amides is 1. The van der Waals surface area contributed by atoms with Gasteiger partial charge >= 0.3 is 0 Å². The molecule has 4 rings (SSSR count). The van der Waals surface area contributed by atoms with Crippen LogP contribution in [-0.4, -0.2) is 41.9 Å². The molecule has 30 heavy (non-hydrogen) atoms. The number of piperidine rings is 1. The predicted molar refractivity (Wildman–Crippen MR) is 128 cm³/mol. The zero-order valence-corrected chi connectivity index (χ0v) is 19.7. The van der Waals surface area contributed by atoms with Gasteiger partial charge in [-0.3, -0.25) is 4.79 Å². The minimum absolute atomic E-state index is 0. The molecular formula is C24H31BrClN3O. The first-order valence-corrected chi connectivity index (χ1v) is 11.4. The lowest BCUT2D eigenvalue weighted by Gasteiger charge is -2.38. The molecule has 0 radical (unpaired) electrons. The highest BCUT2D eigenvalue weighted by Gasteiger charge is 2.47. The molecule has 2 aromatic carbocycles. The summed E-state index contributed by atoms with van der Waals surface area (Å²) in [5, 5.41) is 0. The summed E-state index contributed by atoms with van der Waals surface area (Å²) >= 11 is 3.47. The molecular weight excluding hydrogens is 462 g/mol. The minimum Gasteiger partial charge on any atom is -0.338 e. The fraction of sp³-hybridized carbons (Fsp3) is 0.458. The Balaban J connectivity index is 0.00000256. The van der Waals surface area contributed by atoms with Crippen molar-refractivity contribution in [1.29, 1.82) is 0 Å². The average Bonchev–Trinajstić information content (AvgIpc) is 3.05. The van der Waals surface area contributed by atoms with Crippen molar-refractivity contribution in [3.63, 3.8) is 0 Å². The topological polar surface area (TPSA) is 49.6 Å². The summed E-state index contributed by atoms with van der Waals surface area (Å²) in [5.74, 6) is 0.362. The molecule has 1 atom stereocenters. The molecule has 1 spiro atoms. The van der Waals surface area contributed by atoms with Gasteiger partial charge < -0.3 is 15.5 Å². The van der Waals surface area contributed by atoms with Crippen molar-refractivity contribution in [2.24, 2.45) is 11.1 Å². The molecule has 0 saturated carbocycles. The second-order valence-corrected chi connectivity index (χ2v) is 9.45. The van der Waals surface area contributed by atoms with Crippen molar-refractivity contribution in [3.05, 3.63) is 70.2 Å². The van der Waals surface area contributed by atoms with Crippen LogP contribution in [0.1, 0.15) is 42.9 Å². The number of carbonyl (C=O) groups excluding carboxylic acids is 1. The second kappa shape index (κ2) is 10.3. The molecule has 2 aromatic rings. The number of halogens is 2. The first kappa shape index (κ1) is 23.3. The highest BCUT2D eigenvalue weighted by Crippen LogP contribution is 2.42. The van der Waals surface area contributed by atoms with Crippen molar-refractivity contribution >= 4 is 34.2 Å². The molecule has 6 heteroatoms. The number of hydrogen-bond donors (Lipinski definition) is 1. The van der Waals surface area contributed by atoms with Gasteiger partial charge in [-0.2, -0.15) is 0 Å². The quantitative estimate of drug-likeness (QED) is 0.631. The number of likely N-dealkylation sites (tertiary alicyclic amines) is 2. The van der Waals surface area contributed by atoms with E-state index in [0.29, 0.717) is 5.91 Å². The molecule has 2 aliphatic rings. The van der Waals surface area contributed by atoms with E-state index in [1.807, 2.05) is 30.3 Å². The van der Waals surface area contributed by atoms with E-state index in [1.54, 1.807) is 0 Å². The summed E-state index contributed by atoms with van der Waals surface area (Å²) in [6, 6.07) is 18.7. The Hall–Kier alpha value is -1.40. The van der Waals surface area contributed by atoms with Crippen molar-refractivity contribution in [2.45, 2.75) is 38.3 Å². The molecule has 2 saturated heterocycles. The lowest BCUT2D eigenvalue weighted by atomic mass is 9.77. The number of hydrogen-bond acceptors (Lipinski definition) is 3. The Bertz CT molecular complexity index is 822. The van der Waals surface area contributed by atoms with Gasteiger partial charge in [-0.05, 0) is 68.6 Å². The van der Waals surface area contributed by atoms with Crippen molar-refractivity contribution in [3.8, 4) is 0 Å². The van der Waals surface area contributed by atoms with Crippen LogP contribution in [0.5, 0.6) is 0 Å². The average molecular weight is 493 g/mol. The summed E-state index contributed by atoms with van der Waals surface area (Å²) in [4.78, 5) is 17.7. The van der Waals surface area contributed by atoms with Crippen LogP contribution >= 0.6 is 28.3 Å². The molecule has 0 bridgehead atoms. The Morgan fingerprint density at radius 3 is 2.27 bits per heavy atom. The molecule has 2 aliphatic heterocycles. The van der Waals surface area contributed by atoms with Gasteiger partial charge in [0.25, 0.3) is 0 Å². The summed E-state index contributed by atoms with van der Waals surface area (Å²) in [6.45, 7) is 4.61. The highest BCUT2D eigenvalue weighted by atomic mass is 79.9. The van der Waals surface area contributed by atoms with Gasteiger partial charge in [-0.25, -0.2) is 0 Å². The van der Waals surface area contributed by atoms with Gasteiger partial charge in [-0.15, -0.1) is 12.4 Å². The van der Waals surface area contributed by atoms with E-state index < -0.39 is 0 Å². The fourth-order valence-electron chi connectivity index (χ4n) is 4.71. The van der Waals surface area contributed by atoms with Crippen LogP contribution in [0, 0.1) is 5.41 Å². The molecule has 1 unspecified atom stereocenters. The third kappa shape index (κ3) is 5.25. The molecule has 162 valence electrons. The lowest BCUT2D eigenvalue weighted by molar-refractivity contribution is -0.138. The molecule has 0 aliphatic carbocycles. The van der Waals surface area contributed by atoms with E-state index in [-0.39, 0.29) is 23.9 Å². The van der Waals surface area contributed by atoms with Crippen molar-refractivity contribution in [2.75, 3.05) is 26.2 Å². The van der Waals surface area contributed by atoms with E-state index in [9.17, 15) is 4.79 Å². The number of benzene rings is 2. The maximum Gasteiger partial charge on any atom is 0.229 e. The first-order valence-electron chi connectivity index (χ1n) is 10.6. The van der Waals surface area contributed by atoms with Crippen LogP contribution in [0.4, 0.5) is 0 Å². The van der Waals surface area contributed by atoms with Crippen LogP contribution < -0.4 is 5.73 Å². The summed E-state index contributed by atoms with van der Waals surface area (Å²) in [7, 11) is 0. The smallest absolute Gasteiger partial charge is 0.229 e. The van der Waals surface area contributed by atoms with E-state index in [4.69, 9.17) is 5.73 Å². The van der Waals surface area contributed by atoms with E-state index in [0.717, 1.165) is 62.9 Å². The van der Waals surface area contributed by atoms with Gasteiger partial charge in [0.2, 0.25) is 5.91 Å². The molecule has 2 fully saturated rings. The zero-order valence-electron chi connectivity index (χ0n) is 17.3. The highest BCUT2D eigenvalue weighted by molar-refractivity contribution is 9.10. The second-order valence-electron chi connectivity index (χ2n) is 8.53. The van der Waals surface area contributed by atoms with Crippen LogP contribution in [-0.2, 0) is 11.3 Å². The van der Waals surface area contributed by atoms with Gasteiger partial charge in [0.1, 0.15) is 0 Å². The molecule has 4 nitrogen and oxygen atoms in total. The number of rotatable bonds is 6. The van der Waals surface area contributed by atoms with Gasteiger partial charge in [0.05, 0.1) is 5.41 Å². The molecule has 2 heterocycles. The number of nitrogens with zero attached hydrogens (tertiary/aromatic N) is 2. The van der Waals surface area contributed by atoms with Crippen molar-refractivity contribution in [1.82, 2.24) is 9.80 Å². The fourth-order valence-corrected chi connectivity index (χ4v) is 4.98. The normalized spacial score (nSPS) is 19.7. The molecule has 0 aromatic heterocycles. The van der Waals surface area contributed by atoms with E-state index >= 15 is 0 Å². The summed E-state index contributed by atoms with van der Waals surface area (Å²) in [5.41, 5.74) is 8.63. The monoisotopic (exact) mass is 491 g/mol. The van der Waals surface area contributed by atoms with Crippen LogP contribution in [0.15, 0.2) is 59.1 Å². The van der Waals surface area contributed by atoms with Crippen LogP contribution in [0.3, 0.4) is 0 Å². The SMILES string of the molecule is Cl.NC(CCN1CCC2(CC1)CCN(Cc1ccc(Br)cc1)C2=O)c1ccccc1. The number of nitrogens with two attached hydrogens (primary N) is 1. The number of carbonyl (C=O) groups is 1. The first-order chi connectivity index (χ1) is 14.1. The molecule has 1 amide bonds. The van der Waals surface area contributed by atoms with Gasteiger partial charge in [0, 0.05) is 23.6 Å². The van der Waals surface area contributed by atoms with E-state index in [1.165, 1.54) is 11.1 Å². The van der Waals surface area contributed by atoms with Crippen LogP contribution in [0.2, 0.25) is 0 Å². The summed E-state index contributed by atoms with van der Waals surface area (Å²) < 4.78 is 1.07. The lowest BCUT2D eigenvalue weighted by Crippen LogP contribution is -2.45. The predicted octanol–water partition coefficient (Wildman–Crippen LogP) is 4.78. The van der Waals surface area contributed by atoms with Gasteiger partial charge in [0.15, 0.2) is 0 Å². The molecule has 2 N–H and O–H groups in total. The third-order valence-electron chi connectivity index (χ3n) is 6.69. The zero-order chi connectivity index (χ0) is 20.3. The van der Waals surface area contributed by atoms with E-state index in [2.05, 4.69) is 50.0 Å². The van der Waals surface area contributed by atoms with Crippen LogP contribution in [0.25, 0.3) is 0 Å².